The molecule has 3 aromatic rings. The van der Waals surface area contributed by atoms with Gasteiger partial charge in [0, 0.05) is 18.0 Å². The SMILES string of the molecule is Clc1ccc2nnc(-c3cccnc3)n2n1. The Labute approximate surface area is 95.7 Å². The van der Waals surface area contributed by atoms with Crippen molar-refractivity contribution >= 4 is 17.2 Å². The fraction of sp³-hybridized carbons (Fsp3) is 0. The summed E-state index contributed by atoms with van der Waals surface area (Å²) < 4.78 is 1.60. The minimum Gasteiger partial charge on any atom is -0.264 e. The van der Waals surface area contributed by atoms with Crippen LogP contribution in [0.1, 0.15) is 0 Å². The van der Waals surface area contributed by atoms with Crippen LogP contribution in [0.25, 0.3) is 17.0 Å². The standard InChI is InChI=1S/C10H6ClN5/c11-8-3-4-9-13-14-10(16(9)15-8)7-2-1-5-12-6-7/h1-6H. The van der Waals surface area contributed by atoms with Gasteiger partial charge in [0.05, 0.1) is 0 Å². The van der Waals surface area contributed by atoms with Gasteiger partial charge in [0.25, 0.3) is 0 Å². The van der Waals surface area contributed by atoms with Crippen molar-refractivity contribution < 1.29 is 0 Å². The molecule has 5 nitrogen and oxygen atoms in total. The third-order valence-electron chi connectivity index (χ3n) is 2.15. The first-order valence-electron chi connectivity index (χ1n) is 4.63. The first-order chi connectivity index (χ1) is 7.84. The minimum atomic E-state index is 0.400. The summed E-state index contributed by atoms with van der Waals surface area (Å²) >= 11 is 5.83. The van der Waals surface area contributed by atoms with E-state index in [0.717, 1.165) is 5.56 Å². The van der Waals surface area contributed by atoms with Gasteiger partial charge in [-0.3, -0.25) is 4.98 Å². The van der Waals surface area contributed by atoms with Crippen molar-refractivity contribution in [2.24, 2.45) is 0 Å². The number of fused-ring (bicyclic) bond motifs is 1. The second kappa shape index (κ2) is 3.53. The summed E-state index contributed by atoms with van der Waals surface area (Å²) in [6.07, 6.45) is 3.41. The molecule has 0 bridgehead atoms. The number of rotatable bonds is 1. The summed E-state index contributed by atoms with van der Waals surface area (Å²) in [5.74, 6) is 0.630. The Hall–Kier alpha value is -2.01. The Morgan fingerprint density at radius 1 is 1.12 bits per heavy atom. The third kappa shape index (κ3) is 1.42. The van der Waals surface area contributed by atoms with E-state index in [0.29, 0.717) is 16.6 Å². The largest absolute Gasteiger partial charge is 0.264 e. The highest BCUT2D eigenvalue weighted by atomic mass is 35.5. The highest BCUT2D eigenvalue weighted by Gasteiger charge is 2.08. The van der Waals surface area contributed by atoms with Gasteiger partial charge >= 0.3 is 0 Å². The van der Waals surface area contributed by atoms with Crippen molar-refractivity contribution in [3.63, 3.8) is 0 Å². The lowest BCUT2D eigenvalue weighted by atomic mass is 10.3. The summed E-state index contributed by atoms with van der Waals surface area (Å²) in [7, 11) is 0. The van der Waals surface area contributed by atoms with Crippen molar-refractivity contribution in [3.05, 3.63) is 41.8 Å². The zero-order chi connectivity index (χ0) is 11.0. The van der Waals surface area contributed by atoms with E-state index in [1.165, 1.54) is 0 Å². The molecule has 0 unspecified atom stereocenters. The first kappa shape index (κ1) is 9.23. The van der Waals surface area contributed by atoms with E-state index in [9.17, 15) is 0 Å². The molecular formula is C10H6ClN5. The molecule has 0 aliphatic heterocycles. The van der Waals surface area contributed by atoms with Gasteiger partial charge in [0.2, 0.25) is 0 Å². The predicted octanol–water partition coefficient (Wildman–Crippen LogP) is 1.84. The fourth-order valence-electron chi connectivity index (χ4n) is 1.44. The van der Waals surface area contributed by atoms with Crippen LogP contribution in [0.4, 0.5) is 0 Å². The van der Waals surface area contributed by atoms with Crippen LogP contribution in [0.2, 0.25) is 5.15 Å². The molecule has 0 amide bonds. The van der Waals surface area contributed by atoms with E-state index in [1.807, 2.05) is 12.1 Å². The van der Waals surface area contributed by atoms with Gasteiger partial charge in [-0.1, -0.05) is 11.6 Å². The molecule has 16 heavy (non-hydrogen) atoms. The molecule has 0 aliphatic carbocycles. The van der Waals surface area contributed by atoms with Gasteiger partial charge < -0.3 is 0 Å². The lowest BCUT2D eigenvalue weighted by molar-refractivity contribution is 0.935. The van der Waals surface area contributed by atoms with Crippen molar-refractivity contribution in [1.29, 1.82) is 0 Å². The zero-order valence-corrected chi connectivity index (χ0v) is 8.83. The molecule has 0 aromatic carbocycles. The Morgan fingerprint density at radius 2 is 2.06 bits per heavy atom. The maximum Gasteiger partial charge on any atom is 0.186 e. The van der Waals surface area contributed by atoms with E-state index in [4.69, 9.17) is 11.6 Å². The molecule has 0 spiro atoms. The molecule has 0 saturated heterocycles. The normalized spacial score (nSPS) is 10.8. The van der Waals surface area contributed by atoms with E-state index >= 15 is 0 Å². The molecule has 3 rings (SSSR count). The van der Waals surface area contributed by atoms with Crippen LogP contribution in [0, 0.1) is 0 Å². The number of pyridine rings is 1. The second-order valence-corrected chi connectivity index (χ2v) is 3.58. The average Bonchev–Trinajstić information content (AvgIpc) is 2.73. The van der Waals surface area contributed by atoms with Gasteiger partial charge in [0.1, 0.15) is 5.15 Å². The fourth-order valence-corrected chi connectivity index (χ4v) is 1.58. The summed E-state index contributed by atoms with van der Waals surface area (Å²) in [6.45, 7) is 0. The summed E-state index contributed by atoms with van der Waals surface area (Å²) in [5.41, 5.74) is 1.51. The molecule has 0 N–H and O–H groups in total. The third-order valence-corrected chi connectivity index (χ3v) is 2.35. The van der Waals surface area contributed by atoms with Crippen LogP contribution >= 0.6 is 11.6 Å². The summed E-state index contributed by atoms with van der Waals surface area (Å²) in [4.78, 5) is 4.03. The van der Waals surface area contributed by atoms with Crippen molar-refractivity contribution in [2.45, 2.75) is 0 Å². The van der Waals surface area contributed by atoms with E-state index in [-0.39, 0.29) is 0 Å². The van der Waals surface area contributed by atoms with Gasteiger partial charge in [0.15, 0.2) is 11.5 Å². The van der Waals surface area contributed by atoms with Crippen LogP contribution in [0.5, 0.6) is 0 Å². The minimum absolute atomic E-state index is 0.400. The number of hydrogen-bond acceptors (Lipinski definition) is 4. The molecular weight excluding hydrogens is 226 g/mol. The molecule has 0 atom stereocenters. The van der Waals surface area contributed by atoms with Crippen molar-refractivity contribution in [3.8, 4) is 11.4 Å². The molecule has 0 aliphatic rings. The lowest BCUT2D eigenvalue weighted by Gasteiger charge is -1.97. The predicted molar refractivity (Wildman–Crippen MR) is 59.0 cm³/mol. The highest BCUT2D eigenvalue weighted by molar-refractivity contribution is 6.29. The maximum atomic E-state index is 5.83. The molecule has 3 aromatic heterocycles. The molecule has 0 saturated carbocycles. The Balaban J connectivity index is 2.29. The van der Waals surface area contributed by atoms with Crippen LogP contribution < -0.4 is 0 Å². The summed E-state index contributed by atoms with van der Waals surface area (Å²) in [5, 5.41) is 12.6. The number of hydrogen-bond donors (Lipinski definition) is 0. The summed E-state index contributed by atoms with van der Waals surface area (Å²) in [6, 6.07) is 7.17. The number of nitrogens with zero attached hydrogens (tertiary/aromatic N) is 5. The lowest BCUT2D eigenvalue weighted by Crippen LogP contribution is -1.94. The molecule has 78 valence electrons. The number of aromatic nitrogens is 5. The molecule has 3 heterocycles. The second-order valence-electron chi connectivity index (χ2n) is 3.19. The molecule has 0 fully saturated rings. The molecule has 6 heteroatoms. The van der Waals surface area contributed by atoms with Gasteiger partial charge in [-0.05, 0) is 24.3 Å². The monoisotopic (exact) mass is 231 g/mol. The van der Waals surface area contributed by atoms with E-state index < -0.39 is 0 Å². The smallest absolute Gasteiger partial charge is 0.186 e. The number of halogens is 1. The van der Waals surface area contributed by atoms with Crippen LogP contribution in [-0.2, 0) is 0 Å². The van der Waals surface area contributed by atoms with Crippen LogP contribution in [0.3, 0.4) is 0 Å². The maximum absolute atomic E-state index is 5.83. The van der Waals surface area contributed by atoms with Crippen molar-refractivity contribution in [1.82, 2.24) is 24.8 Å². The zero-order valence-electron chi connectivity index (χ0n) is 8.08. The Bertz CT molecular complexity index is 634. The van der Waals surface area contributed by atoms with Crippen LogP contribution in [-0.4, -0.2) is 24.8 Å². The topological polar surface area (TPSA) is 56.0 Å². The van der Waals surface area contributed by atoms with E-state index in [1.54, 1.807) is 29.0 Å². The van der Waals surface area contributed by atoms with Crippen molar-refractivity contribution in [2.75, 3.05) is 0 Å². The van der Waals surface area contributed by atoms with Gasteiger partial charge in [-0.15, -0.1) is 10.2 Å². The molecule has 0 radical (unpaired) electrons. The Kier molecular flexibility index (Phi) is 2.04. The van der Waals surface area contributed by atoms with Gasteiger partial charge in [-0.2, -0.15) is 9.61 Å². The van der Waals surface area contributed by atoms with E-state index in [2.05, 4.69) is 20.3 Å². The first-order valence-corrected chi connectivity index (χ1v) is 5.01. The van der Waals surface area contributed by atoms with Gasteiger partial charge in [-0.25, -0.2) is 0 Å². The Morgan fingerprint density at radius 3 is 2.88 bits per heavy atom. The average molecular weight is 232 g/mol. The van der Waals surface area contributed by atoms with Crippen LogP contribution in [0.15, 0.2) is 36.7 Å². The highest BCUT2D eigenvalue weighted by Crippen LogP contribution is 2.16. The quantitative estimate of drug-likeness (QED) is 0.641.